The van der Waals surface area contributed by atoms with Gasteiger partial charge in [0.2, 0.25) is 5.75 Å². The van der Waals surface area contributed by atoms with Crippen LogP contribution >= 0.6 is 11.3 Å². The second-order valence-electron chi connectivity index (χ2n) is 5.79. The number of fused-ring (bicyclic) bond motifs is 1. The molecule has 2 aromatic carbocycles. The Labute approximate surface area is 166 Å². The van der Waals surface area contributed by atoms with Crippen LogP contribution < -0.4 is 19.5 Å². The number of benzene rings is 2. The lowest BCUT2D eigenvalue weighted by Crippen LogP contribution is -2.12. The first kappa shape index (κ1) is 19.9. The van der Waals surface area contributed by atoms with E-state index in [1.165, 1.54) is 56.9 Å². The van der Waals surface area contributed by atoms with E-state index in [4.69, 9.17) is 14.2 Å². The highest BCUT2D eigenvalue weighted by atomic mass is 32.2. The minimum atomic E-state index is -3.32. The number of sulfone groups is 1. The summed E-state index contributed by atoms with van der Waals surface area (Å²) in [4.78, 5) is 17.2. The summed E-state index contributed by atoms with van der Waals surface area (Å²) in [6, 6.07) is 7.70. The van der Waals surface area contributed by atoms with E-state index >= 15 is 0 Å². The summed E-state index contributed by atoms with van der Waals surface area (Å²) in [7, 11) is 1.09. The fraction of sp³-hybridized carbons (Fsp3) is 0.222. The Hall–Kier alpha value is -2.85. The van der Waals surface area contributed by atoms with Crippen molar-refractivity contribution in [2.24, 2.45) is 0 Å². The van der Waals surface area contributed by atoms with Gasteiger partial charge in [-0.1, -0.05) is 11.3 Å². The molecule has 0 unspecified atom stereocenters. The van der Waals surface area contributed by atoms with Gasteiger partial charge in [-0.3, -0.25) is 10.1 Å². The maximum Gasteiger partial charge on any atom is 0.257 e. The van der Waals surface area contributed by atoms with Gasteiger partial charge in [-0.2, -0.15) is 0 Å². The van der Waals surface area contributed by atoms with Gasteiger partial charge in [-0.05, 0) is 30.3 Å². The first-order chi connectivity index (χ1) is 13.3. The van der Waals surface area contributed by atoms with Crippen LogP contribution in [0, 0.1) is 0 Å². The zero-order valence-electron chi connectivity index (χ0n) is 15.6. The van der Waals surface area contributed by atoms with E-state index in [0.29, 0.717) is 38.2 Å². The largest absolute Gasteiger partial charge is 0.493 e. The molecular formula is C18H18N2O6S2. The van der Waals surface area contributed by atoms with Crippen molar-refractivity contribution in [2.45, 2.75) is 4.90 Å². The lowest BCUT2D eigenvalue weighted by molar-refractivity contribution is 0.102. The summed E-state index contributed by atoms with van der Waals surface area (Å²) in [5.74, 6) is 0.680. The molecule has 1 amide bonds. The minimum Gasteiger partial charge on any atom is -0.493 e. The van der Waals surface area contributed by atoms with Crippen molar-refractivity contribution in [3.8, 4) is 17.2 Å². The molecule has 0 fully saturated rings. The normalized spacial score (nSPS) is 11.3. The zero-order valence-corrected chi connectivity index (χ0v) is 17.2. The first-order valence-corrected chi connectivity index (χ1v) is 10.7. The number of ether oxygens (including phenoxy) is 3. The average Bonchev–Trinajstić information content (AvgIpc) is 3.07. The number of anilines is 1. The van der Waals surface area contributed by atoms with Crippen molar-refractivity contribution in [3.63, 3.8) is 0 Å². The summed E-state index contributed by atoms with van der Waals surface area (Å²) in [6.07, 6.45) is 1.14. The van der Waals surface area contributed by atoms with Crippen LogP contribution in [0.1, 0.15) is 10.4 Å². The molecule has 3 aromatic rings. The SMILES string of the molecule is COc1cc(C(=O)Nc2nc3ccc(S(C)(=O)=O)cc3s2)cc(OC)c1OC. The summed E-state index contributed by atoms with van der Waals surface area (Å²) in [6.45, 7) is 0. The molecule has 0 bridgehead atoms. The number of rotatable bonds is 6. The molecule has 0 aliphatic heterocycles. The molecule has 0 saturated carbocycles. The third-order valence-electron chi connectivity index (χ3n) is 3.94. The standard InChI is InChI=1S/C18H18N2O6S2/c1-24-13-7-10(8-14(25-2)16(13)26-3)17(21)20-18-19-12-6-5-11(28(4,22)23)9-15(12)27-18/h5-9H,1-4H3,(H,19,20,21). The summed E-state index contributed by atoms with van der Waals surface area (Å²) in [5, 5.41) is 3.06. The van der Waals surface area contributed by atoms with E-state index in [1.807, 2.05) is 0 Å². The summed E-state index contributed by atoms with van der Waals surface area (Å²) < 4.78 is 39.8. The molecule has 1 N–H and O–H groups in total. The van der Waals surface area contributed by atoms with Crippen molar-refractivity contribution in [1.29, 1.82) is 0 Å². The molecule has 10 heteroatoms. The average molecular weight is 422 g/mol. The van der Waals surface area contributed by atoms with E-state index in [9.17, 15) is 13.2 Å². The van der Waals surface area contributed by atoms with Crippen LogP contribution in [-0.4, -0.2) is 46.9 Å². The summed E-state index contributed by atoms with van der Waals surface area (Å²) in [5.41, 5.74) is 0.892. The molecule has 28 heavy (non-hydrogen) atoms. The molecule has 0 spiro atoms. The number of carbonyl (C=O) groups excluding carboxylic acids is 1. The van der Waals surface area contributed by atoms with Crippen molar-refractivity contribution in [2.75, 3.05) is 32.9 Å². The van der Waals surface area contributed by atoms with E-state index in [1.54, 1.807) is 6.07 Å². The molecule has 1 aromatic heterocycles. The topological polar surface area (TPSA) is 104 Å². The molecule has 0 radical (unpaired) electrons. The smallest absolute Gasteiger partial charge is 0.257 e. The lowest BCUT2D eigenvalue weighted by Gasteiger charge is -2.13. The van der Waals surface area contributed by atoms with E-state index in [0.717, 1.165) is 6.26 Å². The molecule has 1 heterocycles. The van der Waals surface area contributed by atoms with Crippen LogP contribution in [0.2, 0.25) is 0 Å². The predicted molar refractivity (Wildman–Crippen MR) is 107 cm³/mol. The Morgan fingerprint density at radius 2 is 1.68 bits per heavy atom. The quantitative estimate of drug-likeness (QED) is 0.651. The second kappa shape index (κ2) is 7.64. The van der Waals surface area contributed by atoms with Crippen molar-refractivity contribution >= 4 is 42.4 Å². The Morgan fingerprint density at radius 3 is 2.21 bits per heavy atom. The molecule has 0 aliphatic carbocycles. The van der Waals surface area contributed by atoms with E-state index in [2.05, 4.69) is 10.3 Å². The van der Waals surface area contributed by atoms with Gasteiger partial charge in [-0.25, -0.2) is 13.4 Å². The fourth-order valence-electron chi connectivity index (χ4n) is 2.57. The van der Waals surface area contributed by atoms with Crippen LogP contribution in [0.4, 0.5) is 5.13 Å². The molecule has 0 saturated heterocycles. The van der Waals surface area contributed by atoms with E-state index < -0.39 is 15.7 Å². The Bertz CT molecular complexity index is 1130. The second-order valence-corrected chi connectivity index (χ2v) is 8.84. The van der Waals surface area contributed by atoms with Gasteiger partial charge in [0, 0.05) is 11.8 Å². The molecule has 0 aliphatic rings. The third-order valence-corrected chi connectivity index (χ3v) is 5.98. The Balaban J connectivity index is 1.92. The molecule has 148 valence electrons. The number of thiazole rings is 1. The highest BCUT2D eigenvalue weighted by Gasteiger charge is 2.18. The molecule has 0 atom stereocenters. The van der Waals surface area contributed by atoms with Crippen molar-refractivity contribution in [1.82, 2.24) is 4.98 Å². The van der Waals surface area contributed by atoms with Gasteiger partial charge < -0.3 is 14.2 Å². The van der Waals surface area contributed by atoms with Gasteiger partial charge in [0.25, 0.3) is 5.91 Å². The third kappa shape index (κ3) is 3.87. The van der Waals surface area contributed by atoms with Gasteiger partial charge in [-0.15, -0.1) is 0 Å². The highest BCUT2D eigenvalue weighted by Crippen LogP contribution is 2.38. The van der Waals surface area contributed by atoms with Crippen molar-refractivity contribution < 1.29 is 27.4 Å². The predicted octanol–water partition coefficient (Wildman–Crippen LogP) is 2.98. The minimum absolute atomic E-state index is 0.200. The number of aromatic nitrogens is 1. The zero-order chi connectivity index (χ0) is 20.5. The van der Waals surface area contributed by atoms with Gasteiger partial charge >= 0.3 is 0 Å². The number of hydrogen-bond donors (Lipinski definition) is 1. The number of amides is 1. The highest BCUT2D eigenvalue weighted by molar-refractivity contribution is 7.90. The molecule has 8 nitrogen and oxygen atoms in total. The lowest BCUT2D eigenvalue weighted by atomic mass is 10.1. The number of carbonyl (C=O) groups is 1. The number of nitrogens with one attached hydrogen (secondary N) is 1. The van der Waals surface area contributed by atoms with Crippen LogP contribution in [0.5, 0.6) is 17.2 Å². The van der Waals surface area contributed by atoms with Crippen LogP contribution in [0.25, 0.3) is 10.2 Å². The van der Waals surface area contributed by atoms with Gasteiger partial charge in [0.1, 0.15) is 0 Å². The monoisotopic (exact) mass is 422 g/mol. The van der Waals surface area contributed by atoms with Crippen LogP contribution in [-0.2, 0) is 9.84 Å². The van der Waals surface area contributed by atoms with E-state index in [-0.39, 0.29) is 4.90 Å². The maximum atomic E-state index is 12.7. The Kier molecular flexibility index (Phi) is 5.43. The van der Waals surface area contributed by atoms with Gasteiger partial charge in [0.15, 0.2) is 26.5 Å². The number of hydrogen-bond acceptors (Lipinski definition) is 8. The van der Waals surface area contributed by atoms with Crippen LogP contribution in [0.3, 0.4) is 0 Å². The fourth-order valence-corrected chi connectivity index (χ4v) is 4.19. The maximum absolute atomic E-state index is 12.7. The first-order valence-electron chi connectivity index (χ1n) is 7.99. The molecule has 3 rings (SSSR count). The summed E-state index contributed by atoms with van der Waals surface area (Å²) >= 11 is 1.18. The van der Waals surface area contributed by atoms with Crippen molar-refractivity contribution in [3.05, 3.63) is 35.9 Å². The van der Waals surface area contributed by atoms with Gasteiger partial charge in [0.05, 0.1) is 36.4 Å². The van der Waals surface area contributed by atoms with Crippen LogP contribution in [0.15, 0.2) is 35.2 Å². The Morgan fingerprint density at radius 1 is 1.04 bits per heavy atom. The number of nitrogens with zero attached hydrogens (tertiary/aromatic N) is 1. The molecular weight excluding hydrogens is 404 g/mol. The number of methoxy groups -OCH3 is 3.